The summed E-state index contributed by atoms with van der Waals surface area (Å²) >= 11 is 0. The fourth-order valence-electron chi connectivity index (χ4n) is 3.16. The number of hydrogen-bond acceptors (Lipinski definition) is 6. The lowest BCUT2D eigenvalue weighted by Crippen LogP contribution is -2.51. The molecule has 2 unspecified atom stereocenters. The zero-order valence-electron chi connectivity index (χ0n) is 13.9. The van der Waals surface area contributed by atoms with Crippen LogP contribution >= 0.6 is 0 Å². The number of aromatic nitrogens is 3. The second kappa shape index (κ2) is 5.68. The molecule has 0 amide bonds. The maximum atomic E-state index is 4.63. The summed E-state index contributed by atoms with van der Waals surface area (Å²) in [6, 6.07) is 3.01. The van der Waals surface area contributed by atoms with Gasteiger partial charge < -0.3 is 15.5 Å². The van der Waals surface area contributed by atoms with E-state index >= 15 is 0 Å². The third-order valence-corrected chi connectivity index (χ3v) is 4.44. The van der Waals surface area contributed by atoms with E-state index in [0.717, 1.165) is 34.5 Å². The molecule has 0 radical (unpaired) electrons. The molecule has 1 aliphatic carbocycles. The van der Waals surface area contributed by atoms with Gasteiger partial charge in [0.05, 0.1) is 5.39 Å². The molecular formula is C16H24N6. The van der Waals surface area contributed by atoms with E-state index in [9.17, 15) is 0 Å². The minimum Gasteiger partial charge on any atom is -0.372 e. The van der Waals surface area contributed by atoms with Gasteiger partial charge in [-0.2, -0.15) is 9.97 Å². The molecule has 1 aliphatic rings. The van der Waals surface area contributed by atoms with Crippen LogP contribution in [0.25, 0.3) is 11.0 Å². The lowest BCUT2D eigenvalue weighted by Gasteiger charge is -2.41. The van der Waals surface area contributed by atoms with Crippen molar-refractivity contribution in [2.75, 3.05) is 31.8 Å². The largest absolute Gasteiger partial charge is 0.372 e. The van der Waals surface area contributed by atoms with Crippen LogP contribution in [0.3, 0.4) is 0 Å². The Balaban J connectivity index is 1.97. The van der Waals surface area contributed by atoms with Crippen molar-refractivity contribution in [1.29, 1.82) is 0 Å². The Kier molecular flexibility index (Phi) is 3.87. The van der Waals surface area contributed by atoms with Crippen LogP contribution in [0.2, 0.25) is 0 Å². The number of fused-ring (bicyclic) bond motifs is 1. The summed E-state index contributed by atoms with van der Waals surface area (Å²) in [5.41, 5.74) is 2.87. The Morgan fingerprint density at radius 3 is 2.50 bits per heavy atom. The fraction of sp³-hybridized carbons (Fsp3) is 0.562. The quantitative estimate of drug-likeness (QED) is 0.902. The molecule has 2 atom stereocenters. The highest BCUT2D eigenvalue weighted by atomic mass is 15.2. The SMILES string of the molecule is CNc1nc(NC2CCC2N(C)C)nc2nc(C)cc(C)c12. The van der Waals surface area contributed by atoms with Crippen molar-refractivity contribution in [2.45, 2.75) is 38.8 Å². The zero-order valence-corrected chi connectivity index (χ0v) is 13.9. The Morgan fingerprint density at radius 1 is 1.14 bits per heavy atom. The van der Waals surface area contributed by atoms with Gasteiger partial charge in [0.15, 0.2) is 5.65 Å². The molecule has 6 nitrogen and oxygen atoms in total. The highest BCUT2D eigenvalue weighted by Crippen LogP contribution is 2.29. The average molecular weight is 300 g/mol. The van der Waals surface area contributed by atoms with E-state index in [-0.39, 0.29) is 0 Å². The first kappa shape index (κ1) is 15.0. The zero-order chi connectivity index (χ0) is 15.9. The molecule has 0 bridgehead atoms. The van der Waals surface area contributed by atoms with Crippen molar-refractivity contribution in [3.8, 4) is 0 Å². The lowest BCUT2D eigenvalue weighted by atomic mass is 9.85. The number of hydrogen-bond donors (Lipinski definition) is 2. The normalized spacial score (nSPS) is 21.0. The molecule has 22 heavy (non-hydrogen) atoms. The molecule has 6 heteroatoms. The smallest absolute Gasteiger partial charge is 0.227 e. The lowest BCUT2D eigenvalue weighted by molar-refractivity contribution is 0.172. The molecule has 3 rings (SSSR count). The monoisotopic (exact) mass is 300 g/mol. The van der Waals surface area contributed by atoms with Gasteiger partial charge in [0, 0.05) is 24.8 Å². The maximum absolute atomic E-state index is 4.63. The Labute approximate surface area is 131 Å². The summed E-state index contributed by atoms with van der Waals surface area (Å²) in [6.45, 7) is 4.07. The number of nitrogens with one attached hydrogen (secondary N) is 2. The highest BCUT2D eigenvalue weighted by Gasteiger charge is 2.33. The Morgan fingerprint density at radius 2 is 1.91 bits per heavy atom. The first-order valence-electron chi connectivity index (χ1n) is 7.76. The average Bonchev–Trinajstić information content (AvgIpc) is 2.41. The van der Waals surface area contributed by atoms with Crippen LogP contribution in [0, 0.1) is 13.8 Å². The number of likely N-dealkylation sites (N-methyl/N-ethyl adjacent to an activating group) is 1. The predicted molar refractivity (Wildman–Crippen MR) is 90.5 cm³/mol. The van der Waals surface area contributed by atoms with Gasteiger partial charge in [-0.3, -0.25) is 0 Å². The third-order valence-electron chi connectivity index (χ3n) is 4.44. The Bertz CT molecular complexity index is 697. The standard InChI is InChI=1S/C16H24N6/c1-9-8-10(2)18-15-13(9)14(17-3)20-16(21-15)19-11-6-7-12(11)22(4)5/h8,11-12H,6-7H2,1-5H3,(H2,17,18,19,20,21). The number of nitrogens with zero attached hydrogens (tertiary/aromatic N) is 4. The van der Waals surface area contributed by atoms with Gasteiger partial charge in [-0.25, -0.2) is 4.98 Å². The van der Waals surface area contributed by atoms with Crippen LogP contribution < -0.4 is 10.6 Å². The van der Waals surface area contributed by atoms with E-state index in [4.69, 9.17) is 0 Å². The third kappa shape index (κ3) is 2.59. The van der Waals surface area contributed by atoms with Crippen molar-refractivity contribution >= 4 is 22.8 Å². The fourth-order valence-corrected chi connectivity index (χ4v) is 3.16. The van der Waals surface area contributed by atoms with Crippen molar-refractivity contribution in [1.82, 2.24) is 19.9 Å². The van der Waals surface area contributed by atoms with Crippen LogP contribution in [0.4, 0.5) is 11.8 Å². The molecule has 2 aromatic heterocycles. The van der Waals surface area contributed by atoms with E-state index in [1.54, 1.807) is 0 Å². The molecule has 2 heterocycles. The van der Waals surface area contributed by atoms with Crippen molar-refractivity contribution in [3.05, 3.63) is 17.3 Å². The molecule has 1 saturated carbocycles. The number of rotatable bonds is 4. The summed E-state index contributed by atoms with van der Waals surface area (Å²) in [5.74, 6) is 1.49. The van der Waals surface area contributed by atoms with Crippen LogP contribution in [0.5, 0.6) is 0 Å². The topological polar surface area (TPSA) is 66.0 Å². The number of aryl methyl sites for hydroxylation is 2. The maximum Gasteiger partial charge on any atom is 0.227 e. The molecule has 1 fully saturated rings. The van der Waals surface area contributed by atoms with Gasteiger partial charge in [-0.15, -0.1) is 0 Å². The number of anilines is 2. The minimum absolute atomic E-state index is 0.406. The van der Waals surface area contributed by atoms with Gasteiger partial charge in [-0.05, 0) is 52.4 Å². The van der Waals surface area contributed by atoms with Crippen molar-refractivity contribution in [3.63, 3.8) is 0 Å². The second-order valence-electron chi connectivity index (χ2n) is 6.28. The molecule has 0 aliphatic heterocycles. The highest BCUT2D eigenvalue weighted by molar-refractivity contribution is 5.90. The first-order chi connectivity index (χ1) is 10.5. The first-order valence-corrected chi connectivity index (χ1v) is 7.76. The van der Waals surface area contributed by atoms with E-state index in [0.29, 0.717) is 18.0 Å². The molecule has 0 saturated heterocycles. The summed E-state index contributed by atoms with van der Waals surface area (Å²) < 4.78 is 0. The molecule has 0 aromatic carbocycles. The Hall–Kier alpha value is -1.95. The molecule has 0 spiro atoms. The van der Waals surface area contributed by atoms with Crippen LogP contribution in [0.1, 0.15) is 24.1 Å². The van der Waals surface area contributed by atoms with Crippen LogP contribution in [-0.2, 0) is 0 Å². The van der Waals surface area contributed by atoms with E-state index in [1.807, 2.05) is 14.0 Å². The molecule has 118 valence electrons. The summed E-state index contributed by atoms with van der Waals surface area (Å²) in [7, 11) is 6.12. The summed E-state index contributed by atoms with van der Waals surface area (Å²) in [6.07, 6.45) is 2.37. The van der Waals surface area contributed by atoms with Gasteiger partial charge in [0.1, 0.15) is 5.82 Å². The van der Waals surface area contributed by atoms with Gasteiger partial charge in [0.25, 0.3) is 0 Å². The summed E-state index contributed by atoms with van der Waals surface area (Å²) in [4.78, 5) is 16.1. The van der Waals surface area contributed by atoms with Crippen molar-refractivity contribution in [2.24, 2.45) is 0 Å². The molecule has 2 N–H and O–H groups in total. The van der Waals surface area contributed by atoms with E-state index in [2.05, 4.69) is 57.6 Å². The van der Waals surface area contributed by atoms with Gasteiger partial charge in [-0.1, -0.05) is 0 Å². The summed E-state index contributed by atoms with van der Waals surface area (Å²) in [5, 5.41) is 7.64. The van der Waals surface area contributed by atoms with E-state index in [1.165, 1.54) is 6.42 Å². The van der Waals surface area contributed by atoms with Crippen LogP contribution in [-0.4, -0.2) is 53.1 Å². The molecule has 2 aromatic rings. The minimum atomic E-state index is 0.406. The number of pyridine rings is 1. The van der Waals surface area contributed by atoms with Crippen molar-refractivity contribution < 1.29 is 0 Å². The van der Waals surface area contributed by atoms with Gasteiger partial charge >= 0.3 is 0 Å². The van der Waals surface area contributed by atoms with E-state index < -0.39 is 0 Å². The predicted octanol–water partition coefficient (Wildman–Crippen LogP) is 2.19. The van der Waals surface area contributed by atoms with Crippen LogP contribution in [0.15, 0.2) is 6.07 Å². The van der Waals surface area contributed by atoms with Gasteiger partial charge in [0.2, 0.25) is 5.95 Å². The second-order valence-corrected chi connectivity index (χ2v) is 6.28. The molecular weight excluding hydrogens is 276 g/mol.